The molecule has 0 amide bonds. The van der Waals surface area contributed by atoms with Crippen molar-refractivity contribution in [3.05, 3.63) is 0 Å². The predicted molar refractivity (Wildman–Crippen MR) is 66.1 cm³/mol. The van der Waals surface area contributed by atoms with Gasteiger partial charge in [0.15, 0.2) is 0 Å². The van der Waals surface area contributed by atoms with Crippen LogP contribution in [-0.2, 0) is 9.59 Å². The summed E-state index contributed by atoms with van der Waals surface area (Å²) in [5, 5.41) is 68.2. The first-order valence-corrected chi connectivity index (χ1v) is 5.72. The number of carbonyl (C=O) groups is 2. The molecule has 0 aromatic carbocycles. The first-order valence-electron chi connectivity index (χ1n) is 5.72. The Morgan fingerprint density at radius 3 is 1.33 bits per heavy atom. The molecule has 11 nitrogen and oxygen atoms in total. The van der Waals surface area contributed by atoms with Crippen LogP contribution in [0.5, 0.6) is 0 Å². The molecule has 0 spiro atoms. The van der Waals surface area contributed by atoms with Crippen LogP contribution in [0, 0.1) is 0 Å². The number of aliphatic carboxylic acids is 2. The van der Waals surface area contributed by atoms with Gasteiger partial charge in [-0.3, -0.25) is 9.59 Å². The molecule has 0 aromatic heterocycles. The third kappa shape index (κ3) is 10.1. The van der Waals surface area contributed by atoms with E-state index in [0.717, 1.165) is 0 Å². The summed E-state index contributed by atoms with van der Waals surface area (Å²) in [7, 11) is 0. The van der Waals surface area contributed by atoms with Gasteiger partial charge in [-0.1, -0.05) is 0 Å². The Bertz CT molecular complexity index is 298. The molecular weight excluding hydrogens is 294 g/mol. The minimum atomic E-state index is -1.67. The molecular formula is C10H21NO10. The van der Waals surface area contributed by atoms with Crippen molar-refractivity contribution < 1.29 is 50.4 Å². The van der Waals surface area contributed by atoms with E-state index in [-0.39, 0.29) is 0 Å². The Balaban J connectivity index is 0. The minimum Gasteiger partial charge on any atom is -0.481 e. The van der Waals surface area contributed by atoms with Gasteiger partial charge in [0.2, 0.25) is 0 Å². The second-order valence-corrected chi connectivity index (χ2v) is 4.02. The Labute approximate surface area is 119 Å². The maximum absolute atomic E-state index is 9.85. The topological polar surface area (TPSA) is 222 Å². The number of carboxylic acids is 2. The number of aliphatic hydroxyl groups excluding tert-OH is 6. The molecule has 0 heterocycles. The fourth-order valence-corrected chi connectivity index (χ4v) is 0.947. The summed E-state index contributed by atoms with van der Waals surface area (Å²) in [6, 6.07) is -1.29. The zero-order chi connectivity index (χ0) is 17.2. The van der Waals surface area contributed by atoms with Crippen LogP contribution in [0.15, 0.2) is 0 Å². The molecule has 0 saturated carbocycles. The molecule has 10 N–H and O–H groups in total. The van der Waals surface area contributed by atoms with Crippen LogP contribution >= 0.6 is 0 Å². The highest BCUT2D eigenvalue weighted by Gasteiger charge is 2.29. The molecule has 5 atom stereocenters. The van der Waals surface area contributed by atoms with Gasteiger partial charge >= 0.3 is 11.9 Å². The lowest BCUT2D eigenvalue weighted by Crippen LogP contribution is -2.46. The van der Waals surface area contributed by atoms with Crippen molar-refractivity contribution >= 4 is 11.9 Å². The quantitative estimate of drug-likeness (QED) is 0.207. The van der Waals surface area contributed by atoms with E-state index in [4.69, 9.17) is 46.6 Å². The Morgan fingerprint density at radius 2 is 1.19 bits per heavy atom. The number of rotatable bonds is 8. The third-order valence-electron chi connectivity index (χ3n) is 2.22. The fraction of sp³-hybridized carbons (Fsp3) is 0.800. The van der Waals surface area contributed by atoms with E-state index in [9.17, 15) is 9.59 Å². The molecule has 0 aliphatic rings. The molecule has 0 bridgehead atoms. The van der Waals surface area contributed by atoms with Crippen molar-refractivity contribution in [2.75, 3.05) is 13.2 Å². The summed E-state index contributed by atoms with van der Waals surface area (Å²) in [4.78, 5) is 19.6. The van der Waals surface area contributed by atoms with Gasteiger partial charge in [0.1, 0.15) is 30.5 Å². The summed E-state index contributed by atoms with van der Waals surface area (Å²) in [5.74, 6) is -2.50. The maximum Gasteiger partial charge on any atom is 0.321 e. The number of hydrogen-bond donors (Lipinski definition) is 9. The molecule has 0 aromatic rings. The second-order valence-electron chi connectivity index (χ2n) is 4.02. The number of hydrogen-bond acceptors (Lipinski definition) is 9. The SMILES string of the molecule is N[C@@H](CC(=O)O)C(=O)O.OC[C@@H](O)[C@@H](O)[C@H](O)[C@@H](O)CO. The molecule has 0 fully saturated rings. The van der Waals surface area contributed by atoms with Crippen LogP contribution in [0.25, 0.3) is 0 Å². The first-order chi connectivity index (χ1) is 9.58. The van der Waals surface area contributed by atoms with Gasteiger partial charge in [-0.2, -0.15) is 0 Å². The van der Waals surface area contributed by atoms with Gasteiger partial charge < -0.3 is 46.6 Å². The average molecular weight is 315 g/mol. The lowest BCUT2D eigenvalue weighted by atomic mass is 10.0. The van der Waals surface area contributed by atoms with E-state index in [1.807, 2.05) is 0 Å². The van der Waals surface area contributed by atoms with Crippen molar-refractivity contribution in [1.29, 1.82) is 0 Å². The molecule has 0 radical (unpaired) electrons. The Hall–Kier alpha value is -1.34. The molecule has 21 heavy (non-hydrogen) atoms. The average Bonchev–Trinajstić information content (AvgIpc) is 2.43. The fourth-order valence-electron chi connectivity index (χ4n) is 0.947. The lowest BCUT2D eigenvalue weighted by molar-refractivity contribution is -0.144. The van der Waals surface area contributed by atoms with Gasteiger partial charge in [0.05, 0.1) is 19.6 Å². The molecule has 0 saturated heterocycles. The predicted octanol–water partition coefficient (Wildman–Crippen LogP) is -4.71. The normalized spacial score (nSPS) is 17.7. The van der Waals surface area contributed by atoms with Crippen LogP contribution in [0.2, 0.25) is 0 Å². The van der Waals surface area contributed by atoms with Crippen LogP contribution < -0.4 is 5.73 Å². The van der Waals surface area contributed by atoms with E-state index in [1.54, 1.807) is 0 Å². The highest BCUT2D eigenvalue weighted by molar-refractivity contribution is 5.80. The van der Waals surface area contributed by atoms with Gasteiger partial charge in [-0.15, -0.1) is 0 Å². The molecule has 0 rings (SSSR count). The minimum absolute atomic E-state index is 0.532. The van der Waals surface area contributed by atoms with Crippen LogP contribution in [0.3, 0.4) is 0 Å². The van der Waals surface area contributed by atoms with Crippen molar-refractivity contribution in [2.24, 2.45) is 5.73 Å². The summed E-state index contributed by atoms with van der Waals surface area (Å²) < 4.78 is 0. The van der Waals surface area contributed by atoms with Gasteiger partial charge in [0, 0.05) is 0 Å². The van der Waals surface area contributed by atoms with Crippen molar-refractivity contribution in [1.82, 2.24) is 0 Å². The number of nitrogens with two attached hydrogens (primary N) is 1. The zero-order valence-electron chi connectivity index (χ0n) is 11.0. The molecule has 0 aliphatic carbocycles. The van der Waals surface area contributed by atoms with E-state index >= 15 is 0 Å². The van der Waals surface area contributed by atoms with E-state index in [0.29, 0.717) is 0 Å². The smallest absolute Gasteiger partial charge is 0.321 e. The van der Waals surface area contributed by atoms with Crippen LogP contribution in [0.1, 0.15) is 6.42 Å². The highest BCUT2D eigenvalue weighted by Crippen LogP contribution is 2.04. The molecule has 0 aliphatic heterocycles. The van der Waals surface area contributed by atoms with E-state index in [2.05, 4.69) is 0 Å². The van der Waals surface area contributed by atoms with E-state index < -0.39 is 62.0 Å². The maximum atomic E-state index is 9.85. The van der Waals surface area contributed by atoms with Crippen LogP contribution in [-0.4, -0.2) is 96.5 Å². The highest BCUT2D eigenvalue weighted by atomic mass is 16.4. The summed E-state index contributed by atoms with van der Waals surface area (Å²) in [6.07, 6.45) is -6.92. The summed E-state index contributed by atoms with van der Waals surface area (Å²) in [6.45, 7) is -1.45. The van der Waals surface area contributed by atoms with E-state index in [1.165, 1.54) is 0 Å². The molecule has 0 unspecified atom stereocenters. The van der Waals surface area contributed by atoms with Gasteiger partial charge in [-0.05, 0) is 0 Å². The monoisotopic (exact) mass is 315 g/mol. The largest absolute Gasteiger partial charge is 0.481 e. The third-order valence-corrected chi connectivity index (χ3v) is 2.22. The van der Waals surface area contributed by atoms with Crippen LogP contribution in [0.4, 0.5) is 0 Å². The zero-order valence-corrected chi connectivity index (χ0v) is 11.0. The second kappa shape index (κ2) is 11.3. The Morgan fingerprint density at radius 1 is 0.857 bits per heavy atom. The molecule has 126 valence electrons. The Kier molecular flexibility index (Phi) is 11.8. The number of carboxylic acid groups (broad SMARTS) is 2. The van der Waals surface area contributed by atoms with Gasteiger partial charge in [-0.25, -0.2) is 0 Å². The molecule has 11 heteroatoms. The number of aliphatic hydroxyl groups is 6. The summed E-state index contributed by atoms with van der Waals surface area (Å²) in [5.41, 5.74) is 4.84. The van der Waals surface area contributed by atoms with Gasteiger partial charge in [0.25, 0.3) is 0 Å². The first kappa shape index (κ1) is 21.9. The standard InChI is InChI=1S/C6H14O6.C4H7NO4/c7-1-3(9)5(11)6(12)4(10)2-8;5-2(4(8)9)1-3(6)7/h3-12H,1-2H2;2H,1,5H2,(H,6,7)(H,8,9)/t3-,4+,5-,6-;2-/m10/s1. The van der Waals surface area contributed by atoms with Crippen molar-refractivity contribution in [2.45, 2.75) is 36.9 Å². The van der Waals surface area contributed by atoms with Crippen molar-refractivity contribution in [3.8, 4) is 0 Å². The van der Waals surface area contributed by atoms with Crippen molar-refractivity contribution in [3.63, 3.8) is 0 Å². The summed E-state index contributed by atoms with van der Waals surface area (Å²) >= 11 is 0. The lowest BCUT2D eigenvalue weighted by Gasteiger charge is -2.24.